The van der Waals surface area contributed by atoms with Gasteiger partial charge in [-0.3, -0.25) is 0 Å². The fraction of sp³-hybridized carbons (Fsp3) is 0.308. The fourth-order valence-electron chi connectivity index (χ4n) is 1.40. The zero-order chi connectivity index (χ0) is 12.6. The molecule has 2 aromatic heterocycles. The second kappa shape index (κ2) is 6.98. The van der Waals surface area contributed by atoms with Crippen molar-refractivity contribution in [2.45, 2.75) is 6.54 Å². The summed E-state index contributed by atoms with van der Waals surface area (Å²) in [7, 11) is 1.65. The van der Waals surface area contributed by atoms with Crippen LogP contribution >= 0.6 is 11.3 Å². The number of hydrogen-bond acceptors (Lipinski definition) is 5. The number of hydrogen-bond donors (Lipinski definition) is 1. The highest BCUT2D eigenvalue weighted by Gasteiger charge is 1.97. The summed E-state index contributed by atoms with van der Waals surface area (Å²) >= 11 is 1.70. The van der Waals surface area contributed by atoms with Gasteiger partial charge in [0.1, 0.15) is 6.61 Å². The average molecular weight is 264 g/mol. The zero-order valence-corrected chi connectivity index (χ0v) is 11.1. The van der Waals surface area contributed by atoms with Crippen LogP contribution in [0.2, 0.25) is 0 Å². The number of nitrogens with zero attached hydrogens (tertiary/aromatic N) is 1. The van der Waals surface area contributed by atoms with E-state index >= 15 is 0 Å². The standard InChI is InChI=1S/C13H16N2O2S/c1-16-5-6-17-13-3-2-12(9-15-13)14-8-11-4-7-18-10-11/h2-4,7,9-10,14H,5-6,8H2,1H3. The summed E-state index contributed by atoms with van der Waals surface area (Å²) in [6.45, 7) is 1.90. The van der Waals surface area contributed by atoms with Crippen LogP contribution in [0.25, 0.3) is 0 Å². The number of aromatic nitrogens is 1. The molecule has 5 heteroatoms. The van der Waals surface area contributed by atoms with Gasteiger partial charge in [-0.15, -0.1) is 0 Å². The molecule has 96 valence electrons. The second-order valence-electron chi connectivity index (χ2n) is 3.71. The molecule has 0 bridgehead atoms. The maximum Gasteiger partial charge on any atom is 0.213 e. The molecule has 0 radical (unpaired) electrons. The van der Waals surface area contributed by atoms with Crippen molar-refractivity contribution < 1.29 is 9.47 Å². The summed E-state index contributed by atoms with van der Waals surface area (Å²) in [5.74, 6) is 0.619. The number of rotatable bonds is 7. The molecule has 0 aliphatic rings. The minimum Gasteiger partial charge on any atom is -0.475 e. The Balaban J connectivity index is 1.80. The van der Waals surface area contributed by atoms with Crippen molar-refractivity contribution >= 4 is 17.0 Å². The second-order valence-corrected chi connectivity index (χ2v) is 4.49. The lowest BCUT2D eigenvalue weighted by molar-refractivity contribution is 0.144. The monoisotopic (exact) mass is 264 g/mol. The predicted molar refractivity (Wildman–Crippen MR) is 73.3 cm³/mol. The molecule has 0 saturated heterocycles. The Kier molecular flexibility index (Phi) is 4.99. The molecule has 0 spiro atoms. The third kappa shape index (κ3) is 4.01. The fourth-order valence-corrected chi connectivity index (χ4v) is 2.07. The Morgan fingerprint density at radius 1 is 1.28 bits per heavy atom. The van der Waals surface area contributed by atoms with E-state index in [-0.39, 0.29) is 0 Å². The van der Waals surface area contributed by atoms with E-state index in [1.54, 1.807) is 24.6 Å². The molecule has 0 fully saturated rings. The summed E-state index contributed by atoms with van der Waals surface area (Å²) < 4.78 is 10.3. The summed E-state index contributed by atoms with van der Waals surface area (Å²) in [6.07, 6.45) is 1.77. The van der Waals surface area contributed by atoms with Crippen LogP contribution in [0.5, 0.6) is 5.88 Å². The molecule has 0 aliphatic heterocycles. The lowest BCUT2D eigenvalue weighted by Crippen LogP contribution is -2.05. The normalized spacial score (nSPS) is 10.3. The molecule has 0 aliphatic carbocycles. The Labute approximate surface area is 111 Å². The molecule has 4 nitrogen and oxygen atoms in total. The van der Waals surface area contributed by atoms with Gasteiger partial charge in [0.05, 0.1) is 18.5 Å². The largest absolute Gasteiger partial charge is 0.475 e. The van der Waals surface area contributed by atoms with Crippen molar-refractivity contribution in [3.05, 3.63) is 40.7 Å². The van der Waals surface area contributed by atoms with Crippen LogP contribution in [0, 0.1) is 0 Å². The van der Waals surface area contributed by atoms with Crippen molar-refractivity contribution in [3.63, 3.8) is 0 Å². The van der Waals surface area contributed by atoms with Crippen LogP contribution in [0.3, 0.4) is 0 Å². The lowest BCUT2D eigenvalue weighted by atomic mass is 10.3. The minimum atomic E-state index is 0.519. The molecule has 2 aromatic rings. The average Bonchev–Trinajstić information content (AvgIpc) is 2.91. The van der Waals surface area contributed by atoms with Gasteiger partial charge in [0.2, 0.25) is 5.88 Å². The molecular weight excluding hydrogens is 248 g/mol. The van der Waals surface area contributed by atoms with Gasteiger partial charge in [-0.2, -0.15) is 11.3 Å². The van der Waals surface area contributed by atoms with E-state index < -0.39 is 0 Å². The first kappa shape index (κ1) is 12.9. The molecule has 1 N–H and O–H groups in total. The van der Waals surface area contributed by atoms with Crippen LogP contribution in [0.1, 0.15) is 5.56 Å². The van der Waals surface area contributed by atoms with Crippen molar-refractivity contribution in [2.75, 3.05) is 25.6 Å². The van der Waals surface area contributed by atoms with Crippen LogP contribution < -0.4 is 10.1 Å². The van der Waals surface area contributed by atoms with Gasteiger partial charge in [-0.1, -0.05) is 0 Å². The van der Waals surface area contributed by atoms with E-state index in [0.29, 0.717) is 19.1 Å². The molecular formula is C13H16N2O2S. The van der Waals surface area contributed by atoms with Crippen LogP contribution in [-0.2, 0) is 11.3 Å². The molecule has 0 saturated carbocycles. The topological polar surface area (TPSA) is 43.4 Å². The molecule has 18 heavy (non-hydrogen) atoms. The molecule has 0 unspecified atom stereocenters. The molecule has 0 amide bonds. The maximum absolute atomic E-state index is 5.39. The highest BCUT2D eigenvalue weighted by molar-refractivity contribution is 7.07. The number of nitrogens with one attached hydrogen (secondary N) is 1. The molecule has 0 aromatic carbocycles. The number of thiophene rings is 1. The summed E-state index contributed by atoms with van der Waals surface area (Å²) in [6, 6.07) is 5.92. The van der Waals surface area contributed by atoms with E-state index in [2.05, 4.69) is 27.1 Å². The van der Waals surface area contributed by atoms with E-state index in [1.165, 1.54) is 5.56 Å². The zero-order valence-electron chi connectivity index (χ0n) is 10.3. The third-order valence-corrected chi connectivity index (χ3v) is 3.08. The first-order valence-corrected chi connectivity index (χ1v) is 6.65. The predicted octanol–water partition coefficient (Wildman–Crippen LogP) is 2.78. The Morgan fingerprint density at radius 3 is 2.89 bits per heavy atom. The summed E-state index contributed by atoms with van der Waals surface area (Å²) in [4.78, 5) is 4.21. The number of anilines is 1. The Hall–Kier alpha value is -1.59. The molecule has 2 heterocycles. The summed E-state index contributed by atoms with van der Waals surface area (Å²) in [5, 5.41) is 7.50. The smallest absolute Gasteiger partial charge is 0.213 e. The van der Waals surface area contributed by atoms with Crippen molar-refractivity contribution in [1.29, 1.82) is 0 Å². The first-order chi connectivity index (χ1) is 8.88. The van der Waals surface area contributed by atoms with Gasteiger partial charge in [0, 0.05) is 19.7 Å². The number of methoxy groups -OCH3 is 1. The first-order valence-electron chi connectivity index (χ1n) is 5.71. The third-order valence-electron chi connectivity index (χ3n) is 2.35. The minimum absolute atomic E-state index is 0.519. The van der Waals surface area contributed by atoms with Gasteiger partial charge in [0.25, 0.3) is 0 Å². The van der Waals surface area contributed by atoms with Gasteiger partial charge in [-0.25, -0.2) is 4.98 Å². The highest BCUT2D eigenvalue weighted by atomic mass is 32.1. The van der Waals surface area contributed by atoms with Crippen molar-refractivity contribution in [3.8, 4) is 5.88 Å². The van der Waals surface area contributed by atoms with Crippen LogP contribution in [0.4, 0.5) is 5.69 Å². The van der Waals surface area contributed by atoms with E-state index in [1.807, 2.05) is 12.1 Å². The van der Waals surface area contributed by atoms with Crippen molar-refractivity contribution in [2.24, 2.45) is 0 Å². The van der Waals surface area contributed by atoms with Gasteiger partial charge in [0.15, 0.2) is 0 Å². The highest BCUT2D eigenvalue weighted by Crippen LogP contribution is 2.13. The lowest BCUT2D eigenvalue weighted by Gasteiger charge is -2.07. The number of ether oxygens (including phenoxy) is 2. The Morgan fingerprint density at radius 2 is 2.22 bits per heavy atom. The molecule has 2 rings (SSSR count). The SMILES string of the molecule is COCCOc1ccc(NCc2ccsc2)cn1. The van der Waals surface area contributed by atoms with E-state index in [0.717, 1.165) is 12.2 Å². The van der Waals surface area contributed by atoms with Gasteiger partial charge >= 0.3 is 0 Å². The van der Waals surface area contributed by atoms with Gasteiger partial charge < -0.3 is 14.8 Å². The summed E-state index contributed by atoms with van der Waals surface area (Å²) in [5.41, 5.74) is 2.26. The van der Waals surface area contributed by atoms with Crippen LogP contribution in [-0.4, -0.2) is 25.3 Å². The van der Waals surface area contributed by atoms with E-state index in [4.69, 9.17) is 9.47 Å². The maximum atomic E-state index is 5.39. The number of pyridine rings is 1. The molecule has 0 atom stereocenters. The van der Waals surface area contributed by atoms with Crippen LogP contribution in [0.15, 0.2) is 35.2 Å². The quantitative estimate of drug-likeness (QED) is 0.781. The van der Waals surface area contributed by atoms with E-state index in [9.17, 15) is 0 Å². The Bertz CT molecular complexity index is 443. The van der Waals surface area contributed by atoms with Gasteiger partial charge in [-0.05, 0) is 28.5 Å². The van der Waals surface area contributed by atoms with Crippen molar-refractivity contribution in [1.82, 2.24) is 4.98 Å².